The van der Waals surface area contributed by atoms with Crippen molar-refractivity contribution in [1.29, 1.82) is 0 Å². The van der Waals surface area contributed by atoms with Crippen molar-refractivity contribution in [2.75, 3.05) is 0 Å². The maximum atomic E-state index is 12.8. The summed E-state index contributed by atoms with van der Waals surface area (Å²) in [6.07, 6.45) is 9.61. The Labute approximate surface area is 117 Å². The first-order valence-electron chi connectivity index (χ1n) is 7.96. The fraction of sp³-hybridized carbons (Fsp3) is 0.824. The lowest BCUT2D eigenvalue weighted by Crippen LogP contribution is -2.49. The topological polar surface area (TPSA) is 29.1 Å². The molecule has 1 N–H and O–H groups in total. The van der Waals surface area contributed by atoms with Gasteiger partial charge in [0.2, 0.25) is 0 Å². The van der Waals surface area contributed by atoms with Crippen LogP contribution in [-0.2, 0) is 4.79 Å². The van der Waals surface area contributed by atoms with Gasteiger partial charge in [-0.2, -0.15) is 0 Å². The van der Waals surface area contributed by atoms with Crippen LogP contribution in [0.25, 0.3) is 0 Å². The Hall–Kier alpha value is -0.790. The summed E-state index contributed by atoms with van der Waals surface area (Å²) >= 11 is 0. The van der Waals surface area contributed by atoms with Crippen molar-refractivity contribution in [2.24, 2.45) is 23.2 Å². The van der Waals surface area contributed by atoms with Crippen LogP contribution in [0.2, 0.25) is 0 Å². The molecule has 4 fully saturated rings. The second-order valence-electron chi connectivity index (χ2n) is 7.69. The fourth-order valence-corrected chi connectivity index (χ4v) is 5.26. The molecular weight excluding hydrogens is 234 g/mol. The molecule has 0 unspecified atom stereocenters. The van der Waals surface area contributed by atoms with E-state index in [4.69, 9.17) is 0 Å². The molecule has 106 valence electrons. The summed E-state index contributed by atoms with van der Waals surface area (Å²) in [5.41, 5.74) is 1.06. The summed E-state index contributed by atoms with van der Waals surface area (Å²) in [5.74, 6) is 2.96. The molecule has 0 aliphatic heterocycles. The molecule has 0 aromatic carbocycles. The third-order valence-corrected chi connectivity index (χ3v) is 5.42. The molecule has 4 saturated carbocycles. The predicted octanol–water partition coefficient (Wildman–Crippen LogP) is 3.67. The van der Waals surface area contributed by atoms with Gasteiger partial charge in [-0.3, -0.25) is 4.79 Å². The van der Waals surface area contributed by atoms with Crippen LogP contribution in [0.4, 0.5) is 0 Å². The summed E-state index contributed by atoms with van der Waals surface area (Å²) in [7, 11) is 0. The number of rotatable bonds is 4. The van der Waals surface area contributed by atoms with E-state index in [2.05, 4.69) is 19.2 Å². The Kier molecular flexibility index (Phi) is 3.23. The average molecular weight is 261 g/mol. The first-order valence-corrected chi connectivity index (χ1v) is 7.96. The van der Waals surface area contributed by atoms with Crippen LogP contribution in [0.1, 0.15) is 59.3 Å². The molecule has 0 radical (unpaired) electrons. The first-order chi connectivity index (χ1) is 8.97. The van der Waals surface area contributed by atoms with Crippen LogP contribution in [0.3, 0.4) is 0 Å². The maximum Gasteiger partial charge on any atom is 0.163 e. The minimum atomic E-state index is 0.0225. The van der Waals surface area contributed by atoms with E-state index in [-0.39, 0.29) is 5.41 Å². The highest BCUT2D eigenvalue weighted by Crippen LogP contribution is 2.60. The molecular formula is C17H27NO. The van der Waals surface area contributed by atoms with Crippen molar-refractivity contribution in [3.05, 3.63) is 11.8 Å². The largest absolute Gasteiger partial charge is 0.386 e. The molecule has 4 bridgehead atoms. The summed E-state index contributed by atoms with van der Waals surface area (Å²) in [6, 6.07) is 0.403. The third kappa shape index (κ3) is 2.46. The minimum absolute atomic E-state index is 0.0225. The smallest absolute Gasteiger partial charge is 0.163 e. The molecule has 0 spiro atoms. The molecule has 4 aliphatic rings. The monoisotopic (exact) mass is 261 g/mol. The SMILES string of the molecule is C/C(=C/C(=O)C12CC3CC(CC(C3)C1)C2)NC(C)C. The zero-order valence-electron chi connectivity index (χ0n) is 12.5. The van der Waals surface area contributed by atoms with Gasteiger partial charge in [-0.15, -0.1) is 0 Å². The number of ketones is 1. The molecule has 0 aromatic rings. The van der Waals surface area contributed by atoms with Gasteiger partial charge >= 0.3 is 0 Å². The maximum absolute atomic E-state index is 12.8. The number of carbonyl (C=O) groups excluding carboxylic acids is 1. The van der Waals surface area contributed by atoms with Crippen LogP contribution in [0.5, 0.6) is 0 Å². The summed E-state index contributed by atoms with van der Waals surface area (Å²) in [5, 5.41) is 3.35. The van der Waals surface area contributed by atoms with Crippen LogP contribution in [-0.4, -0.2) is 11.8 Å². The lowest BCUT2D eigenvalue weighted by atomic mass is 9.48. The van der Waals surface area contributed by atoms with E-state index in [1.165, 1.54) is 38.5 Å². The standard InChI is InChI=1S/C17H27NO/c1-11(2)18-12(3)4-16(19)17-8-13-5-14(9-17)7-15(6-13)10-17/h4,11,13-15,18H,5-10H2,1-3H3/b12-4-. The van der Waals surface area contributed by atoms with Crippen LogP contribution in [0, 0.1) is 23.2 Å². The van der Waals surface area contributed by atoms with E-state index >= 15 is 0 Å². The van der Waals surface area contributed by atoms with Gasteiger partial charge in [-0.25, -0.2) is 0 Å². The van der Waals surface area contributed by atoms with Crippen molar-refractivity contribution >= 4 is 5.78 Å². The predicted molar refractivity (Wildman–Crippen MR) is 77.6 cm³/mol. The third-order valence-electron chi connectivity index (χ3n) is 5.42. The summed E-state index contributed by atoms with van der Waals surface area (Å²) < 4.78 is 0. The van der Waals surface area contributed by atoms with E-state index in [0.717, 1.165) is 23.5 Å². The number of hydrogen-bond donors (Lipinski definition) is 1. The molecule has 0 heterocycles. The molecule has 2 nitrogen and oxygen atoms in total. The Balaban J connectivity index is 1.76. The van der Waals surface area contributed by atoms with Crippen molar-refractivity contribution in [2.45, 2.75) is 65.3 Å². The van der Waals surface area contributed by atoms with E-state index in [1.54, 1.807) is 0 Å². The molecule has 4 aliphatic carbocycles. The Bertz CT molecular complexity index is 372. The molecule has 0 amide bonds. The highest BCUT2D eigenvalue weighted by Gasteiger charge is 2.53. The lowest BCUT2D eigenvalue weighted by Gasteiger charge is -2.55. The van der Waals surface area contributed by atoms with Gasteiger partial charge < -0.3 is 5.32 Å². The molecule has 19 heavy (non-hydrogen) atoms. The molecule has 0 saturated heterocycles. The normalized spacial score (nSPS) is 40.8. The number of allylic oxidation sites excluding steroid dienone is 2. The average Bonchev–Trinajstić information content (AvgIpc) is 2.25. The van der Waals surface area contributed by atoms with Crippen molar-refractivity contribution in [3.8, 4) is 0 Å². The van der Waals surface area contributed by atoms with Gasteiger partial charge in [0.25, 0.3) is 0 Å². The minimum Gasteiger partial charge on any atom is -0.386 e. The van der Waals surface area contributed by atoms with Crippen LogP contribution < -0.4 is 5.32 Å². The van der Waals surface area contributed by atoms with Crippen LogP contribution in [0.15, 0.2) is 11.8 Å². The van der Waals surface area contributed by atoms with Crippen molar-refractivity contribution in [3.63, 3.8) is 0 Å². The Morgan fingerprint density at radius 2 is 1.58 bits per heavy atom. The Morgan fingerprint density at radius 1 is 1.11 bits per heavy atom. The second-order valence-corrected chi connectivity index (χ2v) is 7.69. The summed E-state index contributed by atoms with van der Waals surface area (Å²) in [4.78, 5) is 12.8. The lowest BCUT2D eigenvalue weighted by molar-refractivity contribution is -0.138. The van der Waals surface area contributed by atoms with Gasteiger partial charge in [-0.05, 0) is 77.0 Å². The zero-order valence-corrected chi connectivity index (χ0v) is 12.5. The van der Waals surface area contributed by atoms with E-state index in [9.17, 15) is 4.79 Å². The number of hydrogen-bond acceptors (Lipinski definition) is 2. The van der Waals surface area contributed by atoms with Crippen molar-refractivity contribution in [1.82, 2.24) is 5.32 Å². The highest BCUT2D eigenvalue weighted by atomic mass is 16.1. The van der Waals surface area contributed by atoms with Crippen molar-refractivity contribution < 1.29 is 4.79 Å². The van der Waals surface area contributed by atoms with Crippen LogP contribution >= 0.6 is 0 Å². The first kappa shape index (κ1) is 13.2. The number of carbonyl (C=O) groups is 1. The molecule has 0 atom stereocenters. The van der Waals surface area contributed by atoms with Gasteiger partial charge in [0, 0.05) is 23.2 Å². The highest BCUT2D eigenvalue weighted by molar-refractivity contribution is 5.95. The second kappa shape index (κ2) is 4.64. The van der Waals surface area contributed by atoms with E-state index in [0.29, 0.717) is 11.8 Å². The molecule has 4 rings (SSSR count). The molecule has 0 aromatic heterocycles. The Morgan fingerprint density at radius 3 is 2.00 bits per heavy atom. The van der Waals surface area contributed by atoms with E-state index < -0.39 is 0 Å². The van der Waals surface area contributed by atoms with Gasteiger partial charge in [-0.1, -0.05) is 0 Å². The quantitative estimate of drug-likeness (QED) is 0.782. The zero-order chi connectivity index (χ0) is 13.6. The summed E-state index contributed by atoms with van der Waals surface area (Å²) in [6.45, 7) is 6.26. The van der Waals surface area contributed by atoms with E-state index in [1.807, 2.05) is 13.0 Å². The van der Waals surface area contributed by atoms with Gasteiger partial charge in [0.05, 0.1) is 0 Å². The fourth-order valence-electron chi connectivity index (χ4n) is 5.26. The van der Waals surface area contributed by atoms with Gasteiger partial charge in [0.1, 0.15) is 0 Å². The number of nitrogens with one attached hydrogen (secondary N) is 1. The molecule has 2 heteroatoms. The van der Waals surface area contributed by atoms with Gasteiger partial charge in [0.15, 0.2) is 5.78 Å².